The standard InChI is InChI=1S/C11H14N4O3/c1-15-10(17)5-3-8(14-15)11(18)13-7-2-4-9(16)12-6-7/h3,5,7H,2,4,6H2,1H3,(H,12,16)(H,13,18). The Morgan fingerprint density at radius 2 is 2.28 bits per heavy atom. The van der Waals surface area contributed by atoms with Crippen LogP contribution in [-0.2, 0) is 11.8 Å². The largest absolute Gasteiger partial charge is 0.354 e. The molecule has 7 heteroatoms. The Bertz CT molecular complexity index is 527. The Balaban J connectivity index is 2.01. The molecule has 0 radical (unpaired) electrons. The summed E-state index contributed by atoms with van der Waals surface area (Å²) < 4.78 is 1.11. The van der Waals surface area contributed by atoms with Gasteiger partial charge in [0.1, 0.15) is 5.69 Å². The molecule has 1 aromatic heterocycles. The van der Waals surface area contributed by atoms with Crippen LogP contribution in [0.2, 0.25) is 0 Å². The van der Waals surface area contributed by atoms with E-state index in [-0.39, 0.29) is 29.1 Å². The second-order valence-corrected chi connectivity index (χ2v) is 4.19. The zero-order valence-electron chi connectivity index (χ0n) is 9.97. The van der Waals surface area contributed by atoms with Crippen molar-refractivity contribution in [2.75, 3.05) is 6.54 Å². The van der Waals surface area contributed by atoms with Gasteiger partial charge in [0, 0.05) is 32.1 Å². The van der Waals surface area contributed by atoms with Crippen molar-refractivity contribution in [1.82, 2.24) is 20.4 Å². The van der Waals surface area contributed by atoms with Gasteiger partial charge in [-0.1, -0.05) is 0 Å². The van der Waals surface area contributed by atoms with E-state index in [1.54, 1.807) is 0 Å². The number of nitrogens with one attached hydrogen (secondary N) is 2. The monoisotopic (exact) mass is 250 g/mol. The number of piperidine rings is 1. The normalized spacial score (nSPS) is 19.2. The number of hydrogen-bond donors (Lipinski definition) is 2. The third-order valence-electron chi connectivity index (χ3n) is 2.79. The van der Waals surface area contributed by atoms with Gasteiger partial charge in [0.25, 0.3) is 11.5 Å². The lowest BCUT2D eigenvalue weighted by Gasteiger charge is -2.23. The zero-order chi connectivity index (χ0) is 13.1. The lowest BCUT2D eigenvalue weighted by atomic mass is 10.1. The Kier molecular flexibility index (Phi) is 3.40. The molecule has 1 unspecified atom stereocenters. The maximum atomic E-state index is 11.9. The van der Waals surface area contributed by atoms with E-state index in [9.17, 15) is 14.4 Å². The minimum absolute atomic E-state index is 0.000678. The molecule has 0 aromatic carbocycles. The highest BCUT2D eigenvalue weighted by Crippen LogP contribution is 2.03. The van der Waals surface area contributed by atoms with E-state index >= 15 is 0 Å². The Labute approximate surface area is 103 Å². The third-order valence-corrected chi connectivity index (χ3v) is 2.79. The lowest BCUT2D eigenvalue weighted by molar-refractivity contribution is -0.122. The summed E-state index contributed by atoms with van der Waals surface area (Å²) in [5.74, 6) is -0.340. The fraction of sp³-hybridized carbons (Fsp3) is 0.455. The van der Waals surface area contributed by atoms with Gasteiger partial charge in [-0.05, 0) is 12.5 Å². The van der Waals surface area contributed by atoms with Gasteiger partial charge >= 0.3 is 0 Å². The smallest absolute Gasteiger partial charge is 0.272 e. The van der Waals surface area contributed by atoms with E-state index in [0.717, 1.165) is 4.68 Å². The van der Waals surface area contributed by atoms with Crippen LogP contribution in [0.15, 0.2) is 16.9 Å². The number of carbonyl (C=O) groups excluding carboxylic acids is 2. The molecule has 18 heavy (non-hydrogen) atoms. The molecule has 2 N–H and O–H groups in total. The number of amides is 2. The van der Waals surface area contributed by atoms with Crippen molar-refractivity contribution in [1.29, 1.82) is 0 Å². The molecule has 1 aromatic rings. The minimum Gasteiger partial charge on any atom is -0.354 e. The summed E-state index contributed by atoms with van der Waals surface area (Å²) in [5, 5.41) is 9.31. The summed E-state index contributed by atoms with van der Waals surface area (Å²) in [6.07, 6.45) is 1.02. The number of hydrogen-bond acceptors (Lipinski definition) is 4. The summed E-state index contributed by atoms with van der Waals surface area (Å²) in [6, 6.07) is 2.60. The molecule has 1 aliphatic rings. The van der Waals surface area contributed by atoms with Crippen LogP contribution >= 0.6 is 0 Å². The molecule has 1 fully saturated rings. The second kappa shape index (κ2) is 4.99. The summed E-state index contributed by atoms with van der Waals surface area (Å²) in [4.78, 5) is 34.0. The van der Waals surface area contributed by atoms with Crippen molar-refractivity contribution in [3.8, 4) is 0 Å². The molecule has 1 saturated heterocycles. The van der Waals surface area contributed by atoms with Gasteiger partial charge in [-0.2, -0.15) is 5.10 Å². The van der Waals surface area contributed by atoms with Crippen molar-refractivity contribution < 1.29 is 9.59 Å². The van der Waals surface area contributed by atoms with Crippen LogP contribution in [0.4, 0.5) is 0 Å². The van der Waals surface area contributed by atoms with Crippen LogP contribution in [0.1, 0.15) is 23.3 Å². The number of nitrogens with zero attached hydrogens (tertiary/aromatic N) is 2. The molecule has 1 aliphatic heterocycles. The number of carbonyl (C=O) groups is 2. The van der Waals surface area contributed by atoms with Crippen LogP contribution in [0.5, 0.6) is 0 Å². The molecule has 2 heterocycles. The van der Waals surface area contributed by atoms with Gasteiger partial charge in [0.2, 0.25) is 5.91 Å². The van der Waals surface area contributed by atoms with Crippen LogP contribution in [-0.4, -0.2) is 34.2 Å². The highest BCUT2D eigenvalue weighted by molar-refractivity contribution is 5.92. The van der Waals surface area contributed by atoms with Crippen molar-refractivity contribution >= 4 is 11.8 Å². The van der Waals surface area contributed by atoms with Gasteiger partial charge < -0.3 is 10.6 Å². The molecule has 2 amide bonds. The predicted octanol–water partition coefficient (Wildman–Crippen LogP) is -1.21. The molecule has 1 atom stereocenters. The van der Waals surface area contributed by atoms with Gasteiger partial charge in [0.05, 0.1) is 0 Å². The van der Waals surface area contributed by atoms with E-state index in [0.29, 0.717) is 19.4 Å². The van der Waals surface area contributed by atoms with Crippen LogP contribution in [0.3, 0.4) is 0 Å². The van der Waals surface area contributed by atoms with E-state index in [1.165, 1.54) is 19.2 Å². The molecule has 0 aliphatic carbocycles. The Morgan fingerprint density at radius 1 is 1.50 bits per heavy atom. The van der Waals surface area contributed by atoms with Crippen molar-refractivity contribution in [3.05, 3.63) is 28.2 Å². The number of aromatic nitrogens is 2. The van der Waals surface area contributed by atoms with Crippen LogP contribution < -0.4 is 16.2 Å². The molecule has 2 rings (SSSR count). The predicted molar refractivity (Wildman–Crippen MR) is 63.0 cm³/mol. The van der Waals surface area contributed by atoms with Crippen molar-refractivity contribution in [2.24, 2.45) is 7.05 Å². The fourth-order valence-corrected chi connectivity index (χ4v) is 1.74. The lowest BCUT2D eigenvalue weighted by Crippen LogP contribution is -2.48. The van der Waals surface area contributed by atoms with Crippen LogP contribution in [0.25, 0.3) is 0 Å². The maximum Gasteiger partial charge on any atom is 0.272 e. The topological polar surface area (TPSA) is 93.1 Å². The van der Waals surface area contributed by atoms with E-state index in [1.807, 2.05) is 0 Å². The summed E-state index contributed by atoms with van der Waals surface area (Å²) in [5.41, 5.74) is -0.0783. The third kappa shape index (κ3) is 2.73. The van der Waals surface area contributed by atoms with E-state index in [4.69, 9.17) is 0 Å². The molecule has 7 nitrogen and oxygen atoms in total. The average molecular weight is 250 g/mol. The minimum atomic E-state index is -0.341. The van der Waals surface area contributed by atoms with Crippen LogP contribution in [0, 0.1) is 0 Å². The number of rotatable bonds is 2. The highest BCUT2D eigenvalue weighted by Gasteiger charge is 2.20. The first kappa shape index (κ1) is 12.3. The van der Waals surface area contributed by atoms with Gasteiger partial charge in [0.15, 0.2) is 0 Å². The van der Waals surface area contributed by atoms with E-state index < -0.39 is 0 Å². The first-order valence-electron chi connectivity index (χ1n) is 5.68. The van der Waals surface area contributed by atoms with Crippen molar-refractivity contribution in [2.45, 2.75) is 18.9 Å². The molecule has 96 valence electrons. The molecule has 0 spiro atoms. The SMILES string of the molecule is Cn1nc(C(=O)NC2CCC(=O)NC2)ccc1=O. The Morgan fingerprint density at radius 3 is 2.89 bits per heavy atom. The zero-order valence-corrected chi connectivity index (χ0v) is 9.97. The molecule has 0 saturated carbocycles. The summed E-state index contributed by atoms with van der Waals surface area (Å²) in [6.45, 7) is 0.427. The molecule has 0 bridgehead atoms. The van der Waals surface area contributed by atoms with Gasteiger partial charge in [-0.25, -0.2) is 4.68 Å². The average Bonchev–Trinajstić information content (AvgIpc) is 2.35. The number of aryl methyl sites for hydroxylation is 1. The highest BCUT2D eigenvalue weighted by atomic mass is 16.2. The quantitative estimate of drug-likeness (QED) is 0.688. The first-order chi connectivity index (χ1) is 8.56. The van der Waals surface area contributed by atoms with Gasteiger partial charge in [-0.3, -0.25) is 14.4 Å². The van der Waals surface area contributed by atoms with Crippen molar-refractivity contribution in [3.63, 3.8) is 0 Å². The fourth-order valence-electron chi connectivity index (χ4n) is 1.74. The Hall–Kier alpha value is -2.18. The summed E-state index contributed by atoms with van der Waals surface area (Å²) in [7, 11) is 1.49. The molecular formula is C11H14N4O3. The van der Waals surface area contributed by atoms with Gasteiger partial charge in [-0.15, -0.1) is 0 Å². The second-order valence-electron chi connectivity index (χ2n) is 4.19. The first-order valence-corrected chi connectivity index (χ1v) is 5.68. The summed E-state index contributed by atoms with van der Waals surface area (Å²) >= 11 is 0. The maximum absolute atomic E-state index is 11.9. The molecular weight excluding hydrogens is 236 g/mol. The van der Waals surface area contributed by atoms with E-state index in [2.05, 4.69) is 15.7 Å².